The Labute approximate surface area is 260 Å². The fraction of sp³-hybridized carbons (Fsp3) is 0.645. The fourth-order valence-electron chi connectivity index (χ4n) is 6.77. The van der Waals surface area contributed by atoms with E-state index in [1.54, 1.807) is 11.1 Å². The summed E-state index contributed by atoms with van der Waals surface area (Å²) in [6.07, 6.45) is 8.14. The average molecular weight is 633 g/mol. The van der Waals surface area contributed by atoms with Crippen LogP contribution in [0.3, 0.4) is 0 Å². The Kier molecular flexibility index (Phi) is 9.78. The largest absolute Gasteiger partial charge is 0.451 e. The maximum absolute atomic E-state index is 14.3. The molecule has 1 aromatic heterocycles. The van der Waals surface area contributed by atoms with E-state index >= 15 is 0 Å². The van der Waals surface area contributed by atoms with Crippen molar-refractivity contribution in [3.05, 3.63) is 42.1 Å². The molecule has 0 radical (unpaired) electrons. The van der Waals surface area contributed by atoms with Gasteiger partial charge in [0.2, 0.25) is 10.0 Å². The van der Waals surface area contributed by atoms with E-state index in [0.29, 0.717) is 18.2 Å². The van der Waals surface area contributed by atoms with Crippen molar-refractivity contribution in [1.29, 1.82) is 0 Å². The number of benzene rings is 1. The van der Waals surface area contributed by atoms with Gasteiger partial charge in [0.1, 0.15) is 17.9 Å². The zero-order chi connectivity index (χ0) is 31.6. The Morgan fingerprint density at radius 3 is 2.48 bits per heavy atom. The predicted molar refractivity (Wildman–Crippen MR) is 166 cm³/mol. The van der Waals surface area contributed by atoms with Crippen molar-refractivity contribution in [2.45, 2.75) is 77.6 Å². The molecule has 2 atom stereocenters. The maximum atomic E-state index is 14.3. The quantitative estimate of drug-likeness (QED) is 0.419. The molecule has 11 nitrogen and oxygen atoms in total. The maximum Gasteiger partial charge on any atom is 0.258 e. The van der Waals surface area contributed by atoms with Crippen LogP contribution in [0, 0.1) is 11.2 Å². The Morgan fingerprint density at radius 1 is 1.16 bits per heavy atom. The SMILES string of the molecule is CC(C)N(C(=O)c1cc(F)ccc1Oc1cncnc1N1CC2(CCN(C[C@@H]3CC[C@@H](NS(C)(=O)=O)CO3)CC2)C1)C(C)C. The molecule has 3 fully saturated rings. The third kappa shape index (κ3) is 7.67. The summed E-state index contributed by atoms with van der Waals surface area (Å²) in [5.41, 5.74) is 0.363. The first kappa shape index (κ1) is 32.5. The number of piperidine rings is 1. The van der Waals surface area contributed by atoms with Gasteiger partial charge in [0.25, 0.3) is 5.91 Å². The van der Waals surface area contributed by atoms with Crippen molar-refractivity contribution in [2.75, 3.05) is 50.5 Å². The van der Waals surface area contributed by atoms with Crippen LogP contribution in [0.4, 0.5) is 10.2 Å². The number of nitrogens with one attached hydrogen (secondary N) is 1. The molecule has 3 saturated heterocycles. The monoisotopic (exact) mass is 632 g/mol. The third-order valence-corrected chi connectivity index (χ3v) is 9.64. The number of hydrogen-bond acceptors (Lipinski definition) is 9. The lowest BCUT2D eigenvalue weighted by molar-refractivity contribution is -0.0299. The van der Waals surface area contributed by atoms with E-state index in [0.717, 1.165) is 58.4 Å². The van der Waals surface area contributed by atoms with E-state index in [2.05, 4.69) is 24.5 Å². The van der Waals surface area contributed by atoms with Gasteiger partial charge in [0, 0.05) is 43.2 Å². The molecule has 4 heterocycles. The van der Waals surface area contributed by atoms with Gasteiger partial charge in [-0.25, -0.2) is 27.5 Å². The Bertz CT molecular complexity index is 1410. The lowest BCUT2D eigenvalue weighted by atomic mass is 9.72. The molecule has 3 aliphatic heterocycles. The molecule has 1 aromatic carbocycles. The van der Waals surface area contributed by atoms with Crippen LogP contribution >= 0.6 is 0 Å². The van der Waals surface area contributed by atoms with Crippen molar-refractivity contribution >= 4 is 21.7 Å². The summed E-state index contributed by atoms with van der Waals surface area (Å²) in [5, 5.41) is 0. The lowest BCUT2D eigenvalue weighted by Crippen LogP contribution is -2.61. The standard InChI is InChI=1S/C31H45FN6O5S/c1-21(2)38(22(3)4)30(39)26-14-23(32)6-9-27(26)43-28-15-33-20-34-29(28)37-18-31(19-37)10-12-36(13-11-31)16-25-8-7-24(17-42-25)35-44(5,40)41/h6,9,14-15,20-22,24-25,35H,7-8,10-13,16-19H2,1-5H3/t24-,25+/m1/s1. The number of aromatic nitrogens is 2. The van der Waals surface area contributed by atoms with Crippen molar-refractivity contribution < 1.29 is 27.1 Å². The van der Waals surface area contributed by atoms with Crippen LogP contribution in [0.2, 0.25) is 0 Å². The molecule has 3 aliphatic rings. The number of likely N-dealkylation sites (tertiary alicyclic amines) is 1. The zero-order valence-electron chi connectivity index (χ0n) is 26.3. The van der Waals surface area contributed by atoms with Crippen molar-refractivity contribution in [2.24, 2.45) is 5.41 Å². The Balaban J connectivity index is 1.18. The molecular formula is C31H45FN6O5S. The normalized spacial score (nSPS) is 22.3. The highest BCUT2D eigenvalue weighted by Crippen LogP contribution is 2.45. The van der Waals surface area contributed by atoms with Gasteiger partial charge in [-0.05, 0) is 84.7 Å². The Hall–Kier alpha value is -2.87. The minimum absolute atomic E-state index is 0.0651. The third-order valence-electron chi connectivity index (χ3n) is 8.88. The number of anilines is 1. The first-order valence-electron chi connectivity index (χ1n) is 15.5. The molecule has 1 amide bonds. The molecule has 1 spiro atoms. The first-order chi connectivity index (χ1) is 20.8. The van der Waals surface area contributed by atoms with E-state index in [9.17, 15) is 17.6 Å². The topological polar surface area (TPSA) is 117 Å². The zero-order valence-corrected chi connectivity index (χ0v) is 27.1. The smallest absolute Gasteiger partial charge is 0.258 e. The van der Waals surface area contributed by atoms with Gasteiger partial charge in [-0.2, -0.15) is 0 Å². The molecule has 44 heavy (non-hydrogen) atoms. The van der Waals surface area contributed by atoms with Crippen LogP contribution in [0.1, 0.15) is 63.7 Å². The molecule has 2 aromatic rings. The second-order valence-electron chi connectivity index (χ2n) is 13.1. The van der Waals surface area contributed by atoms with Gasteiger partial charge < -0.3 is 24.2 Å². The molecular weight excluding hydrogens is 587 g/mol. The van der Waals surface area contributed by atoms with Crippen LogP contribution in [-0.2, 0) is 14.8 Å². The summed E-state index contributed by atoms with van der Waals surface area (Å²) in [5.74, 6) is 0.566. The summed E-state index contributed by atoms with van der Waals surface area (Å²) in [6.45, 7) is 12.7. The number of nitrogens with zero attached hydrogens (tertiary/aromatic N) is 5. The summed E-state index contributed by atoms with van der Waals surface area (Å²) in [4.78, 5) is 28.5. The van der Waals surface area contributed by atoms with Crippen LogP contribution in [0.25, 0.3) is 0 Å². The number of hydrogen-bond donors (Lipinski definition) is 1. The highest BCUT2D eigenvalue weighted by atomic mass is 32.2. The molecule has 5 rings (SSSR count). The van der Waals surface area contributed by atoms with Gasteiger partial charge in [-0.3, -0.25) is 4.79 Å². The van der Waals surface area contributed by atoms with Gasteiger partial charge in [-0.15, -0.1) is 0 Å². The summed E-state index contributed by atoms with van der Waals surface area (Å²) in [7, 11) is -3.23. The summed E-state index contributed by atoms with van der Waals surface area (Å²) >= 11 is 0. The van der Waals surface area contributed by atoms with E-state index < -0.39 is 15.8 Å². The van der Waals surface area contributed by atoms with Crippen LogP contribution in [0.15, 0.2) is 30.7 Å². The summed E-state index contributed by atoms with van der Waals surface area (Å²) in [6, 6.07) is 3.74. The number of carbonyl (C=O) groups is 1. The minimum atomic E-state index is -3.23. The van der Waals surface area contributed by atoms with E-state index in [-0.39, 0.29) is 46.9 Å². The van der Waals surface area contributed by atoms with E-state index in [1.165, 1.54) is 30.8 Å². The number of ether oxygens (including phenoxy) is 2. The number of carbonyl (C=O) groups excluding carboxylic acids is 1. The van der Waals surface area contributed by atoms with E-state index in [1.807, 2.05) is 27.7 Å². The molecule has 0 aliphatic carbocycles. The predicted octanol–water partition coefficient (Wildman–Crippen LogP) is 3.67. The van der Waals surface area contributed by atoms with Crippen molar-refractivity contribution in [3.8, 4) is 11.5 Å². The highest BCUT2D eigenvalue weighted by molar-refractivity contribution is 7.88. The number of rotatable bonds is 10. The van der Waals surface area contributed by atoms with Crippen molar-refractivity contribution in [1.82, 2.24) is 24.5 Å². The highest BCUT2D eigenvalue weighted by Gasteiger charge is 2.46. The van der Waals surface area contributed by atoms with Gasteiger partial charge in [0.15, 0.2) is 11.6 Å². The second kappa shape index (κ2) is 13.2. The average Bonchev–Trinajstić information content (AvgIpc) is 2.93. The van der Waals surface area contributed by atoms with E-state index in [4.69, 9.17) is 9.47 Å². The van der Waals surface area contributed by atoms with Crippen LogP contribution in [-0.4, -0.2) is 104 Å². The summed E-state index contributed by atoms with van der Waals surface area (Å²) < 4.78 is 52.2. The van der Waals surface area contributed by atoms with Crippen LogP contribution < -0.4 is 14.4 Å². The van der Waals surface area contributed by atoms with Crippen LogP contribution in [0.5, 0.6) is 11.5 Å². The molecule has 13 heteroatoms. The molecule has 1 N–H and O–H groups in total. The number of amides is 1. The first-order valence-corrected chi connectivity index (χ1v) is 17.4. The minimum Gasteiger partial charge on any atom is -0.451 e. The van der Waals surface area contributed by atoms with Gasteiger partial charge in [-0.1, -0.05) is 0 Å². The number of halogens is 1. The van der Waals surface area contributed by atoms with Gasteiger partial charge in [0.05, 0.1) is 30.7 Å². The van der Waals surface area contributed by atoms with Crippen molar-refractivity contribution in [3.63, 3.8) is 0 Å². The number of sulfonamides is 1. The molecule has 0 bridgehead atoms. The molecule has 0 unspecified atom stereocenters. The fourth-order valence-corrected chi connectivity index (χ4v) is 7.57. The second-order valence-corrected chi connectivity index (χ2v) is 14.9. The Morgan fingerprint density at radius 2 is 1.86 bits per heavy atom. The van der Waals surface area contributed by atoms with Gasteiger partial charge >= 0.3 is 0 Å². The molecule has 242 valence electrons. The molecule has 0 saturated carbocycles. The lowest BCUT2D eigenvalue weighted by Gasteiger charge is -2.54.